The summed E-state index contributed by atoms with van der Waals surface area (Å²) in [6, 6.07) is 0. The quantitative estimate of drug-likeness (QED) is 0.721. The number of carbonyl (C=O) groups excluding carboxylic acids is 2. The Bertz CT molecular complexity index is 169. The van der Waals surface area contributed by atoms with E-state index >= 15 is 0 Å². The fraction of sp³-hybridized carbons (Fsp3) is 0.600. The maximum atomic E-state index is 12.0. The van der Waals surface area contributed by atoms with Gasteiger partial charge in [0.15, 0.2) is 6.67 Å². The molecular weight excluding hydrogens is 301 g/mol. The fourth-order valence-corrected chi connectivity index (χ4v) is 0.280. The fourth-order valence-electron chi connectivity index (χ4n) is 0.280. The van der Waals surface area contributed by atoms with Gasteiger partial charge in [0.25, 0.3) is 0 Å². The molecular formula is C5H5EuF3O2. The smallest absolute Gasteiger partial charge is 0.293 e. The molecule has 0 aromatic heterocycles. The number of ketones is 2. The van der Waals surface area contributed by atoms with Gasteiger partial charge in [0.2, 0.25) is 11.6 Å². The summed E-state index contributed by atoms with van der Waals surface area (Å²) in [5, 5.41) is 0. The Morgan fingerprint density at radius 2 is 1.73 bits per heavy atom. The summed E-state index contributed by atoms with van der Waals surface area (Å²) in [5.41, 5.74) is 0. The summed E-state index contributed by atoms with van der Waals surface area (Å²) in [6.45, 7) is -1.28. The van der Waals surface area contributed by atoms with Crippen LogP contribution in [0.1, 0.15) is 6.92 Å². The van der Waals surface area contributed by atoms with Crippen molar-refractivity contribution in [3.05, 3.63) is 0 Å². The molecule has 0 saturated heterocycles. The first-order chi connectivity index (χ1) is 4.42. The van der Waals surface area contributed by atoms with Gasteiger partial charge in [0, 0.05) is 56.3 Å². The van der Waals surface area contributed by atoms with Gasteiger partial charge in [0.05, 0.1) is 0 Å². The standard InChI is InChI=1S/C5H5F3O2.Eu/c1-3(9)5(7,8)4(10)2-6;/h2H2,1H3;. The van der Waals surface area contributed by atoms with E-state index in [-0.39, 0.29) is 49.4 Å². The van der Waals surface area contributed by atoms with Crippen molar-refractivity contribution in [2.75, 3.05) is 6.67 Å². The average molecular weight is 306 g/mol. The molecule has 0 atom stereocenters. The molecule has 0 bridgehead atoms. The second kappa shape index (κ2) is 5.38. The van der Waals surface area contributed by atoms with E-state index in [1.807, 2.05) is 0 Å². The van der Waals surface area contributed by atoms with E-state index < -0.39 is 24.2 Å². The predicted octanol–water partition coefficient (Wildman–Crippen LogP) is 0.749. The van der Waals surface area contributed by atoms with E-state index in [1.165, 1.54) is 0 Å². The number of hydrogen-bond acceptors (Lipinski definition) is 2. The van der Waals surface area contributed by atoms with Gasteiger partial charge in [-0.05, 0) is 0 Å². The molecule has 0 saturated carbocycles. The first-order valence-electron chi connectivity index (χ1n) is 2.41. The van der Waals surface area contributed by atoms with Gasteiger partial charge in [-0.2, -0.15) is 8.78 Å². The number of alkyl halides is 3. The van der Waals surface area contributed by atoms with Crippen LogP contribution in [0.5, 0.6) is 0 Å². The maximum Gasteiger partial charge on any atom is 0.364 e. The molecule has 2 nitrogen and oxygen atoms in total. The molecule has 0 rings (SSSR count). The summed E-state index contributed by atoms with van der Waals surface area (Å²) in [5.74, 6) is -7.76. The van der Waals surface area contributed by atoms with Gasteiger partial charge in [-0.1, -0.05) is 0 Å². The van der Waals surface area contributed by atoms with Crippen molar-refractivity contribution in [2.45, 2.75) is 12.8 Å². The third-order valence-corrected chi connectivity index (χ3v) is 0.914. The van der Waals surface area contributed by atoms with Gasteiger partial charge in [-0.3, -0.25) is 9.59 Å². The second-order valence-electron chi connectivity index (χ2n) is 1.69. The topological polar surface area (TPSA) is 34.1 Å². The molecule has 0 aliphatic heterocycles. The molecule has 0 aromatic rings. The first-order valence-corrected chi connectivity index (χ1v) is 2.41. The molecule has 0 unspecified atom stereocenters. The normalized spacial score (nSPS) is 10.2. The number of Topliss-reactive ketones (excluding diaryl/α,β-unsaturated/α-hetero) is 2. The predicted molar refractivity (Wildman–Crippen MR) is 26.6 cm³/mol. The van der Waals surface area contributed by atoms with Crippen LogP contribution in [0.4, 0.5) is 13.2 Å². The molecule has 0 fully saturated rings. The van der Waals surface area contributed by atoms with Gasteiger partial charge in [-0.25, -0.2) is 4.39 Å². The van der Waals surface area contributed by atoms with Crippen LogP contribution in [0.3, 0.4) is 0 Å². The first kappa shape index (κ1) is 14.3. The minimum Gasteiger partial charge on any atom is -0.293 e. The van der Waals surface area contributed by atoms with Crippen molar-refractivity contribution in [3.63, 3.8) is 0 Å². The zero-order chi connectivity index (χ0) is 8.36. The number of hydrogen-bond donors (Lipinski definition) is 0. The summed E-state index contributed by atoms with van der Waals surface area (Å²) >= 11 is 0. The minimum atomic E-state index is -4.14. The van der Waals surface area contributed by atoms with Crippen LogP contribution in [0, 0.1) is 49.4 Å². The average Bonchev–Trinajstić information content (AvgIpc) is 1.86. The van der Waals surface area contributed by atoms with E-state index in [2.05, 4.69) is 0 Å². The van der Waals surface area contributed by atoms with Crippen molar-refractivity contribution < 1.29 is 72.1 Å². The van der Waals surface area contributed by atoms with Crippen LogP contribution in [-0.4, -0.2) is 24.2 Å². The Balaban J connectivity index is 0. The van der Waals surface area contributed by atoms with E-state index in [0.29, 0.717) is 6.92 Å². The van der Waals surface area contributed by atoms with Crippen LogP contribution in [0.15, 0.2) is 0 Å². The Labute approximate surface area is 102 Å². The molecule has 6 heteroatoms. The summed E-state index contributed by atoms with van der Waals surface area (Å²) < 4.78 is 35.3. The zero-order valence-corrected chi connectivity index (χ0v) is 7.96. The van der Waals surface area contributed by atoms with Crippen molar-refractivity contribution in [2.24, 2.45) is 0 Å². The number of carbonyl (C=O) groups is 2. The SMILES string of the molecule is CC(=O)C(F)(F)C(=O)CF.[Eu]. The van der Waals surface area contributed by atoms with Crippen LogP contribution >= 0.6 is 0 Å². The molecule has 0 N–H and O–H groups in total. The van der Waals surface area contributed by atoms with E-state index in [9.17, 15) is 22.8 Å². The minimum absolute atomic E-state index is 0. The molecule has 0 heterocycles. The van der Waals surface area contributed by atoms with Crippen molar-refractivity contribution in [1.82, 2.24) is 0 Å². The monoisotopic (exact) mass is 307 g/mol. The van der Waals surface area contributed by atoms with Gasteiger partial charge in [0.1, 0.15) is 0 Å². The Hall–Kier alpha value is 0.714. The summed E-state index contributed by atoms with van der Waals surface area (Å²) in [7, 11) is 0. The van der Waals surface area contributed by atoms with E-state index in [4.69, 9.17) is 0 Å². The van der Waals surface area contributed by atoms with Crippen molar-refractivity contribution >= 4 is 11.6 Å². The summed E-state index contributed by atoms with van der Waals surface area (Å²) in [6.07, 6.45) is 0. The summed E-state index contributed by atoms with van der Waals surface area (Å²) in [4.78, 5) is 19.9. The molecule has 11 heavy (non-hydrogen) atoms. The van der Waals surface area contributed by atoms with Crippen molar-refractivity contribution in [3.8, 4) is 0 Å². The third-order valence-electron chi connectivity index (χ3n) is 0.914. The van der Waals surface area contributed by atoms with E-state index in [0.717, 1.165) is 0 Å². The molecule has 65 valence electrons. The zero-order valence-electron chi connectivity index (χ0n) is 5.54. The molecule has 1 radical (unpaired) electrons. The second-order valence-corrected chi connectivity index (χ2v) is 1.69. The Morgan fingerprint density at radius 3 is 1.82 bits per heavy atom. The van der Waals surface area contributed by atoms with Crippen LogP contribution in [0.2, 0.25) is 0 Å². The Morgan fingerprint density at radius 1 is 1.36 bits per heavy atom. The van der Waals surface area contributed by atoms with Gasteiger partial charge in [-0.15, -0.1) is 0 Å². The molecule has 0 spiro atoms. The van der Waals surface area contributed by atoms with Crippen molar-refractivity contribution in [1.29, 1.82) is 0 Å². The maximum absolute atomic E-state index is 12.0. The molecule has 0 amide bonds. The molecule has 0 aliphatic carbocycles. The Kier molecular flexibility index (Phi) is 6.96. The van der Waals surface area contributed by atoms with Gasteiger partial charge < -0.3 is 0 Å². The van der Waals surface area contributed by atoms with Crippen LogP contribution < -0.4 is 0 Å². The van der Waals surface area contributed by atoms with E-state index in [1.54, 1.807) is 0 Å². The molecule has 0 aliphatic rings. The number of halogens is 3. The van der Waals surface area contributed by atoms with Crippen LogP contribution in [0.25, 0.3) is 0 Å². The van der Waals surface area contributed by atoms with Crippen LogP contribution in [-0.2, 0) is 9.59 Å². The third kappa shape index (κ3) is 3.76. The molecule has 0 aromatic carbocycles. The number of rotatable bonds is 3. The van der Waals surface area contributed by atoms with Gasteiger partial charge >= 0.3 is 5.92 Å². The largest absolute Gasteiger partial charge is 0.364 e.